The van der Waals surface area contributed by atoms with Crippen molar-refractivity contribution in [1.82, 2.24) is 9.97 Å². The van der Waals surface area contributed by atoms with Crippen LogP contribution >= 0.6 is 22.9 Å². The van der Waals surface area contributed by atoms with Crippen LogP contribution in [0.3, 0.4) is 0 Å². The van der Waals surface area contributed by atoms with Crippen molar-refractivity contribution in [1.29, 1.82) is 0 Å². The number of halogens is 2. The Morgan fingerprint density at radius 2 is 2.17 bits per heavy atom. The minimum atomic E-state index is -0.435. The number of fused-ring (bicyclic) bond motifs is 1. The van der Waals surface area contributed by atoms with Gasteiger partial charge in [-0.1, -0.05) is 11.6 Å². The van der Waals surface area contributed by atoms with Crippen molar-refractivity contribution in [2.75, 3.05) is 30.9 Å². The van der Waals surface area contributed by atoms with Gasteiger partial charge in [0.15, 0.2) is 5.82 Å². The molecule has 2 N–H and O–H groups in total. The Labute approximate surface area is 141 Å². The van der Waals surface area contributed by atoms with E-state index in [0.29, 0.717) is 35.6 Å². The maximum absolute atomic E-state index is 14.0. The molecule has 8 heteroatoms. The summed E-state index contributed by atoms with van der Waals surface area (Å²) < 4.78 is 19.8. The molecule has 1 aromatic carbocycles. The summed E-state index contributed by atoms with van der Waals surface area (Å²) in [7, 11) is 1.63. The molecule has 0 amide bonds. The highest BCUT2D eigenvalue weighted by molar-refractivity contribution is 7.17. The average Bonchev–Trinajstić information content (AvgIpc) is 2.99. The van der Waals surface area contributed by atoms with Gasteiger partial charge >= 0.3 is 0 Å². The number of nitrogens with zero attached hydrogens (tertiary/aromatic N) is 2. The van der Waals surface area contributed by atoms with Gasteiger partial charge in [0.05, 0.1) is 22.5 Å². The van der Waals surface area contributed by atoms with Crippen LogP contribution in [0, 0.1) is 5.82 Å². The van der Waals surface area contributed by atoms with Crippen LogP contribution in [0.5, 0.6) is 0 Å². The van der Waals surface area contributed by atoms with E-state index >= 15 is 0 Å². The van der Waals surface area contributed by atoms with Crippen LogP contribution in [-0.4, -0.2) is 30.2 Å². The molecule has 0 radical (unpaired) electrons. The largest absolute Gasteiger partial charge is 0.383 e. The summed E-state index contributed by atoms with van der Waals surface area (Å²) in [6, 6.07) is 6.36. The third kappa shape index (κ3) is 3.69. The quantitative estimate of drug-likeness (QED) is 0.648. The standard InChI is InChI=1S/C15H14ClFN4OS/c1-22-6-5-18-15-20-12-4-7-23-13(12)14(21-15)19-11-3-2-9(16)8-10(11)17/h2-4,7-8H,5-6H2,1H3,(H2,18,19,20,21). The van der Waals surface area contributed by atoms with Gasteiger partial charge in [-0.2, -0.15) is 4.98 Å². The summed E-state index contributed by atoms with van der Waals surface area (Å²) in [4.78, 5) is 8.85. The fourth-order valence-electron chi connectivity index (χ4n) is 2.01. The fraction of sp³-hybridized carbons (Fsp3) is 0.200. The molecule has 0 spiro atoms. The van der Waals surface area contributed by atoms with Crippen LogP contribution in [0.1, 0.15) is 0 Å². The smallest absolute Gasteiger partial charge is 0.225 e. The maximum atomic E-state index is 14.0. The second-order valence-corrected chi connectivity index (χ2v) is 6.05. The summed E-state index contributed by atoms with van der Waals surface area (Å²) >= 11 is 7.27. The second-order valence-electron chi connectivity index (χ2n) is 4.70. The Kier molecular flexibility index (Phi) is 4.90. The molecule has 0 aliphatic heterocycles. The van der Waals surface area contributed by atoms with Crippen LogP contribution in [0.4, 0.5) is 21.8 Å². The number of anilines is 3. The molecule has 0 unspecified atom stereocenters. The SMILES string of the molecule is COCCNc1nc(Nc2ccc(Cl)cc2F)c2sccc2n1. The molecule has 0 saturated carbocycles. The molecule has 3 rings (SSSR count). The minimum Gasteiger partial charge on any atom is -0.383 e. The molecule has 2 heterocycles. The van der Waals surface area contributed by atoms with E-state index in [1.807, 2.05) is 11.4 Å². The zero-order valence-electron chi connectivity index (χ0n) is 12.3. The zero-order chi connectivity index (χ0) is 16.2. The Hall–Kier alpha value is -1.96. The van der Waals surface area contributed by atoms with Crippen molar-refractivity contribution in [3.05, 3.63) is 40.5 Å². The summed E-state index contributed by atoms with van der Waals surface area (Å²) in [6.45, 7) is 1.13. The lowest BCUT2D eigenvalue weighted by molar-refractivity contribution is 0.210. The van der Waals surface area contributed by atoms with Gasteiger partial charge in [-0.05, 0) is 29.6 Å². The molecular weight excluding hydrogens is 339 g/mol. The first-order chi connectivity index (χ1) is 11.2. The lowest BCUT2D eigenvalue weighted by Crippen LogP contribution is -2.11. The van der Waals surface area contributed by atoms with E-state index in [0.717, 1.165) is 10.2 Å². The van der Waals surface area contributed by atoms with Crippen LogP contribution in [0.15, 0.2) is 29.6 Å². The van der Waals surface area contributed by atoms with Gasteiger partial charge in [0, 0.05) is 18.7 Å². The van der Waals surface area contributed by atoms with Gasteiger partial charge in [0.1, 0.15) is 5.82 Å². The molecule has 0 aliphatic rings. The molecule has 23 heavy (non-hydrogen) atoms. The van der Waals surface area contributed by atoms with Crippen molar-refractivity contribution < 1.29 is 9.13 Å². The summed E-state index contributed by atoms with van der Waals surface area (Å²) in [5.74, 6) is 0.575. The monoisotopic (exact) mass is 352 g/mol. The topological polar surface area (TPSA) is 59.1 Å². The number of benzene rings is 1. The molecule has 3 aromatic rings. The number of methoxy groups -OCH3 is 1. The highest BCUT2D eigenvalue weighted by Crippen LogP contribution is 2.30. The van der Waals surface area contributed by atoms with Gasteiger partial charge in [-0.15, -0.1) is 11.3 Å². The fourth-order valence-corrected chi connectivity index (χ4v) is 2.95. The Morgan fingerprint density at radius 1 is 1.30 bits per heavy atom. The highest BCUT2D eigenvalue weighted by Gasteiger charge is 2.11. The molecule has 0 aliphatic carbocycles. The van der Waals surface area contributed by atoms with E-state index in [9.17, 15) is 4.39 Å². The van der Waals surface area contributed by atoms with E-state index in [1.165, 1.54) is 17.4 Å². The number of thiophene rings is 1. The van der Waals surface area contributed by atoms with E-state index in [2.05, 4.69) is 20.6 Å². The van der Waals surface area contributed by atoms with Gasteiger partial charge < -0.3 is 15.4 Å². The van der Waals surface area contributed by atoms with Gasteiger partial charge in [0.2, 0.25) is 5.95 Å². The number of hydrogen-bond donors (Lipinski definition) is 2. The Bertz CT molecular complexity index is 826. The average molecular weight is 353 g/mol. The van der Waals surface area contributed by atoms with Crippen LogP contribution in [0.25, 0.3) is 10.2 Å². The minimum absolute atomic E-state index is 0.311. The first kappa shape index (κ1) is 15.9. The van der Waals surface area contributed by atoms with E-state index in [4.69, 9.17) is 16.3 Å². The lowest BCUT2D eigenvalue weighted by atomic mass is 10.3. The first-order valence-electron chi connectivity index (χ1n) is 6.87. The van der Waals surface area contributed by atoms with Crippen LogP contribution in [0.2, 0.25) is 5.02 Å². The van der Waals surface area contributed by atoms with Crippen molar-refractivity contribution in [3.63, 3.8) is 0 Å². The van der Waals surface area contributed by atoms with E-state index in [-0.39, 0.29) is 0 Å². The zero-order valence-corrected chi connectivity index (χ0v) is 13.8. The number of nitrogens with one attached hydrogen (secondary N) is 2. The van der Waals surface area contributed by atoms with Crippen molar-refractivity contribution in [2.24, 2.45) is 0 Å². The van der Waals surface area contributed by atoms with Crippen LogP contribution in [-0.2, 0) is 4.74 Å². The highest BCUT2D eigenvalue weighted by atomic mass is 35.5. The maximum Gasteiger partial charge on any atom is 0.225 e. The Morgan fingerprint density at radius 3 is 2.96 bits per heavy atom. The molecule has 120 valence electrons. The molecular formula is C15H14ClFN4OS. The van der Waals surface area contributed by atoms with Gasteiger partial charge in [0.25, 0.3) is 0 Å². The summed E-state index contributed by atoms with van der Waals surface area (Å²) in [5, 5.41) is 8.36. The number of hydrogen-bond acceptors (Lipinski definition) is 6. The van der Waals surface area contributed by atoms with Crippen molar-refractivity contribution >= 4 is 50.6 Å². The van der Waals surface area contributed by atoms with Gasteiger partial charge in [-0.25, -0.2) is 9.37 Å². The lowest BCUT2D eigenvalue weighted by Gasteiger charge is -2.10. The summed E-state index contributed by atoms with van der Waals surface area (Å²) in [5.41, 5.74) is 1.10. The number of aromatic nitrogens is 2. The number of rotatable bonds is 6. The van der Waals surface area contributed by atoms with Crippen molar-refractivity contribution in [3.8, 4) is 0 Å². The molecule has 0 fully saturated rings. The molecule has 0 saturated heterocycles. The third-order valence-corrected chi connectivity index (χ3v) is 4.22. The van der Waals surface area contributed by atoms with Gasteiger partial charge in [-0.3, -0.25) is 0 Å². The molecule has 5 nitrogen and oxygen atoms in total. The normalized spacial score (nSPS) is 10.9. The predicted octanol–water partition coefficient (Wildman–Crippen LogP) is 4.29. The van der Waals surface area contributed by atoms with Crippen molar-refractivity contribution in [2.45, 2.75) is 0 Å². The Balaban J connectivity index is 1.93. The third-order valence-electron chi connectivity index (χ3n) is 3.08. The van der Waals surface area contributed by atoms with Crippen LogP contribution < -0.4 is 10.6 Å². The van der Waals surface area contributed by atoms with E-state index < -0.39 is 5.82 Å². The predicted molar refractivity (Wildman–Crippen MR) is 92.5 cm³/mol. The number of ether oxygens (including phenoxy) is 1. The second kappa shape index (κ2) is 7.08. The molecule has 0 atom stereocenters. The molecule has 2 aromatic heterocycles. The first-order valence-corrected chi connectivity index (χ1v) is 8.13. The molecule has 0 bridgehead atoms. The summed E-state index contributed by atoms with van der Waals surface area (Å²) in [6.07, 6.45) is 0. The van der Waals surface area contributed by atoms with E-state index in [1.54, 1.807) is 19.2 Å².